The second-order valence-corrected chi connectivity index (χ2v) is 5.00. The van der Waals surface area contributed by atoms with Crippen molar-refractivity contribution in [1.82, 2.24) is 0 Å². The summed E-state index contributed by atoms with van der Waals surface area (Å²) >= 11 is 1.24. The molecule has 0 aromatic heterocycles. The molecular formula is C11H23NaO. The van der Waals surface area contributed by atoms with Gasteiger partial charge in [-0.25, -0.2) is 0 Å². The molecule has 74 valence electrons. The third-order valence-electron chi connectivity index (χ3n) is 2.51. The Morgan fingerprint density at radius 2 is 1.62 bits per heavy atom. The van der Waals surface area contributed by atoms with Gasteiger partial charge in [-0.3, -0.25) is 0 Å². The molecule has 0 saturated carbocycles. The molecule has 0 spiro atoms. The van der Waals surface area contributed by atoms with Crippen molar-refractivity contribution in [3.8, 4) is 0 Å². The summed E-state index contributed by atoms with van der Waals surface area (Å²) in [6.45, 7) is 2.24. The summed E-state index contributed by atoms with van der Waals surface area (Å²) in [4.78, 5) is 0. The van der Waals surface area contributed by atoms with Crippen LogP contribution >= 0.6 is 0 Å². The molecule has 1 nitrogen and oxygen atoms in total. The van der Waals surface area contributed by atoms with E-state index >= 15 is 0 Å². The molecule has 0 fully saturated rings. The van der Waals surface area contributed by atoms with E-state index in [-0.39, 0.29) is 6.10 Å². The molecule has 0 radical (unpaired) electrons. The molecule has 1 N–H and O–H groups in total. The maximum absolute atomic E-state index is 9.47. The molecule has 0 aliphatic carbocycles. The van der Waals surface area contributed by atoms with Crippen molar-refractivity contribution in [3.05, 3.63) is 0 Å². The summed E-state index contributed by atoms with van der Waals surface area (Å²) in [5.74, 6) is 0. The van der Waals surface area contributed by atoms with Gasteiger partial charge in [-0.1, -0.05) is 0 Å². The van der Waals surface area contributed by atoms with Gasteiger partial charge in [0.1, 0.15) is 0 Å². The Balaban J connectivity index is 2.97. The molecule has 1 unspecified atom stereocenters. The van der Waals surface area contributed by atoms with Gasteiger partial charge in [0.15, 0.2) is 0 Å². The molecule has 0 rings (SSSR count). The molecule has 2 heteroatoms. The zero-order valence-corrected chi connectivity index (χ0v) is 11.4. The summed E-state index contributed by atoms with van der Waals surface area (Å²) in [5, 5.41) is 9.47. The standard InChI is InChI=1S/C11H23O.Na/c1-3-5-6-7-8-9-10-11(12)4-2;/h11-12H,2-10H2,1H3;. The van der Waals surface area contributed by atoms with E-state index in [0.29, 0.717) is 0 Å². The first-order valence-corrected chi connectivity index (χ1v) is 7.40. The van der Waals surface area contributed by atoms with Gasteiger partial charge in [-0.15, -0.1) is 0 Å². The Kier molecular flexibility index (Phi) is 11.9. The molecule has 0 heterocycles. The first-order valence-electron chi connectivity index (χ1n) is 5.99. The van der Waals surface area contributed by atoms with E-state index in [2.05, 4.69) is 6.92 Å². The number of hydrogen-bond acceptors (Lipinski definition) is 1. The minimum atomic E-state index is 0.00340. The number of rotatable bonds is 9. The molecule has 0 saturated heterocycles. The number of aliphatic hydroxyl groups is 1. The molecule has 13 heavy (non-hydrogen) atoms. The van der Waals surface area contributed by atoms with Crippen LogP contribution < -0.4 is 0 Å². The first kappa shape index (κ1) is 14.0. The van der Waals surface area contributed by atoms with Gasteiger partial charge in [-0.2, -0.15) is 0 Å². The van der Waals surface area contributed by atoms with E-state index in [0.717, 1.165) is 12.8 Å². The van der Waals surface area contributed by atoms with Gasteiger partial charge in [0.2, 0.25) is 0 Å². The number of aliphatic hydroxyl groups excluding tert-OH is 1. The normalized spacial score (nSPS) is 13.2. The molecule has 0 aliphatic rings. The second kappa shape index (κ2) is 11.0. The van der Waals surface area contributed by atoms with Gasteiger partial charge in [0.25, 0.3) is 0 Å². The van der Waals surface area contributed by atoms with Gasteiger partial charge in [-0.05, 0) is 0 Å². The average Bonchev–Trinajstić information content (AvgIpc) is 2.11. The van der Waals surface area contributed by atoms with Crippen LogP contribution in [0.2, 0.25) is 3.67 Å². The first-order chi connectivity index (χ1) is 6.31. The van der Waals surface area contributed by atoms with Gasteiger partial charge in [0, 0.05) is 0 Å². The van der Waals surface area contributed by atoms with Crippen molar-refractivity contribution >= 4 is 27.9 Å². The Labute approximate surface area is 101 Å². The van der Waals surface area contributed by atoms with Gasteiger partial charge in [0.05, 0.1) is 0 Å². The van der Waals surface area contributed by atoms with Gasteiger partial charge < -0.3 is 0 Å². The van der Waals surface area contributed by atoms with Crippen molar-refractivity contribution in [3.63, 3.8) is 0 Å². The van der Waals surface area contributed by atoms with Crippen molar-refractivity contribution in [2.24, 2.45) is 0 Å². The van der Waals surface area contributed by atoms with E-state index < -0.39 is 0 Å². The molecule has 0 bridgehead atoms. The molecule has 0 aromatic carbocycles. The number of unbranched alkanes of at least 4 members (excludes halogenated alkanes) is 5. The third-order valence-corrected chi connectivity index (χ3v) is 3.09. The van der Waals surface area contributed by atoms with Gasteiger partial charge >= 0.3 is 101 Å². The number of hydrogen-bond donors (Lipinski definition) is 1. The van der Waals surface area contributed by atoms with Crippen molar-refractivity contribution < 1.29 is 5.11 Å². The monoisotopic (exact) mass is 194 g/mol. The fourth-order valence-electron chi connectivity index (χ4n) is 1.64. The molecule has 0 aliphatic heterocycles. The van der Waals surface area contributed by atoms with Crippen LogP contribution in [-0.2, 0) is 0 Å². The van der Waals surface area contributed by atoms with Crippen LogP contribution in [0.3, 0.4) is 0 Å². The van der Waals surface area contributed by atoms with Crippen LogP contribution in [0.25, 0.3) is 0 Å². The summed E-state index contributed by atoms with van der Waals surface area (Å²) in [6, 6.07) is 0. The minimum absolute atomic E-state index is 0.00340. The van der Waals surface area contributed by atoms with E-state index in [4.69, 9.17) is 0 Å². The summed E-state index contributed by atoms with van der Waals surface area (Å²) in [6.07, 6.45) is 10.1. The Morgan fingerprint density at radius 1 is 1.00 bits per heavy atom. The zero-order valence-electron chi connectivity index (χ0n) is 9.39. The van der Waals surface area contributed by atoms with E-state index in [1.165, 1.54) is 70.1 Å². The van der Waals surface area contributed by atoms with Crippen LogP contribution in [0.1, 0.15) is 58.3 Å². The zero-order chi connectivity index (χ0) is 9.94. The SMILES string of the molecule is CCCCCCCCC(O)C[CH2][Na]. The molecule has 0 aromatic rings. The van der Waals surface area contributed by atoms with Crippen LogP contribution in [0.4, 0.5) is 0 Å². The summed E-state index contributed by atoms with van der Waals surface area (Å²) < 4.78 is 1.25. The third kappa shape index (κ3) is 10.9. The van der Waals surface area contributed by atoms with Crippen molar-refractivity contribution in [2.75, 3.05) is 0 Å². The average molecular weight is 194 g/mol. The second-order valence-electron chi connectivity index (χ2n) is 4.00. The van der Waals surface area contributed by atoms with Crippen LogP contribution in [0.15, 0.2) is 0 Å². The van der Waals surface area contributed by atoms with E-state index in [1.807, 2.05) is 0 Å². The molecule has 0 amide bonds. The molecule has 1 atom stereocenters. The van der Waals surface area contributed by atoms with E-state index in [9.17, 15) is 5.11 Å². The van der Waals surface area contributed by atoms with Crippen LogP contribution in [-0.4, -0.2) is 39.1 Å². The van der Waals surface area contributed by atoms with Crippen LogP contribution in [0.5, 0.6) is 0 Å². The predicted molar refractivity (Wildman–Crippen MR) is 59.2 cm³/mol. The summed E-state index contributed by atoms with van der Waals surface area (Å²) in [5.41, 5.74) is 0. The van der Waals surface area contributed by atoms with Crippen molar-refractivity contribution in [1.29, 1.82) is 0 Å². The van der Waals surface area contributed by atoms with Crippen LogP contribution in [0, 0.1) is 0 Å². The maximum atomic E-state index is 9.47. The Bertz CT molecular complexity index is 96.1. The molecular weight excluding hydrogens is 171 g/mol. The van der Waals surface area contributed by atoms with Crippen molar-refractivity contribution in [2.45, 2.75) is 68.1 Å². The Hall–Kier alpha value is 0.960. The van der Waals surface area contributed by atoms with E-state index in [1.54, 1.807) is 0 Å². The quantitative estimate of drug-likeness (QED) is 0.442. The topological polar surface area (TPSA) is 20.2 Å². The fourth-order valence-corrected chi connectivity index (χ4v) is 2.30. The predicted octanol–water partition coefficient (Wildman–Crippen LogP) is 3.07. The Morgan fingerprint density at radius 3 is 2.23 bits per heavy atom. The fraction of sp³-hybridized carbons (Fsp3) is 1.00. The summed E-state index contributed by atoms with van der Waals surface area (Å²) in [7, 11) is 0.